The van der Waals surface area contributed by atoms with Gasteiger partial charge in [0.2, 0.25) is 5.91 Å². The van der Waals surface area contributed by atoms with Crippen molar-refractivity contribution in [1.82, 2.24) is 21.1 Å². The zero-order valence-electron chi connectivity index (χ0n) is 18.2. The molecule has 190 valence electrons. The Labute approximate surface area is 193 Å². The van der Waals surface area contributed by atoms with Gasteiger partial charge in [0.05, 0.1) is 6.17 Å². The average Bonchev–Trinajstić information content (AvgIpc) is 3.10. The predicted octanol–water partition coefficient (Wildman–Crippen LogP) is 3.37. The van der Waals surface area contributed by atoms with Gasteiger partial charge in [-0.25, -0.2) is 23.6 Å². The summed E-state index contributed by atoms with van der Waals surface area (Å²) in [5.41, 5.74) is 2.32. The third-order valence-corrected chi connectivity index (χ3v) is 7.15. The first-order valence-corrected chi connectivity index (χ1v) is 11.6. The molecule has 8 unspecified atom stereocenters. The van der Waals surface area contributed by atoms with Crippen LogP contribution in [-0.2, 0) is 4.79 Å². The highest BCUT2D eigenvalue weighted by molar-refractivity contribution is 6.20. The Morgan fingerprint density at radius 1 is 1.09 bits per heavy atom. The Balaban J connectivity index is 1.68. The van der Waals surface area contributed by atoms with Gasteiger partial charge in [-0.05, 0) is 44.4 Å². The molecule has 0 bridgehead atoms. The highest BCUT2D eigenvalue weighted by Crippen LogP contribution is 2.32. The largest absolute Gasteiger partial charge is 0.405 e. The van der Waals surface area contributed by atoms with E-state index in [0.717, 1.165) is 0 Å². The van der Waals surface area contributed by atoms with Crippen LogP contribution < -0.4 is 16.1 Å². The van der Waals surface area contributed by atoms with Crippen LogP contribution in [-0.4, -0.2) is 72.7 Å². The Kier molecular flexibility index (Phi) is 8.77. The van der Waals surface area contributed by atoms with Gasteiger partial charge in [-0.2, -0.15) is 13.2 Å². The lowest BCUT2D eigenvalue weighted by molar-refractivity contribution is -0.156. The van der Waals surface area contributed by atoms with Crippen LogP contribution in [0.25, 0.3) is 0 Å². The molecular weight excluding hydrogens is 476 g/mol. The predicted molar refractivity (Wildman–Crippen MR) is 112 cm³/mol. The van der Waals surface area contributed by atoms with Crippen LogP contribution in [0, 0.1) is 11.8 Å². The molecule has 0 radical (unpaired) electrons. The van der Waals surface area contributed by atoms with Gasteiger partial charge in [-0.3, -0.25) is 15.1 Å². The molecule has 2 aliphatic carbocycles. The number of rotatable bonds is 4. The van der Waals surface area contributed by atoms with E-state index in [0.29, 0.717) is 12.8 Å². The fraction of sp³-hybridized carbons (Fsp3) is 0.900. The molecule has 33 heavy (non-hydrogen) atoms. The Morgan fingerprint density at radius 3 is 2.42 bits per heavy atom. The molecule has 1 heterocycles. The number of nitrogens with one attached hydrogen (secondary N) is 3. The summed E-state index contributed by atoms with van der Waals surface area (Å²) in [7, 11) is 1.43. The first-order chi connectivity index (χ1) is 15.4. The van der Waals surface area contributed by atoms with Crippen molar-refractivity contribution in [2.24, 2.45) is 16.8 Å². The number of carbonyl (C=O) groups excluding carboxylic acids is 1. The normalized spacial score (nSPS) is 38.8. The van der Waals surface area contributed by atoms with E-state index in [1.54, 1.807) is 0 Å². The molecule has 1 saturated heterocycles. The zero-order valence-corrected chi connectivity index (χ0v) is 19.0. The number of carbonyl (C=O) groups is 1. The SMILES string of the molecule is CN1NC(C(F)(F)F)CC1NC(=NCC1CCC(F)CC1Cl)NC(=O)C1CCC(F)C(F)C1. The fourth-order valence-electron chi connectivity index (χ4n) is 4.49. The first kappa shape index (κ1) is 26.3. The number of hydrazine groups is 1. The number of alkyl halides is 7. The number of nitrogens with zero attached hydrogens (tertiary/aromatic N) is 2. The topological polar surface area (TPSA) is 68.8 Å². The molecule has 2 saturated carbocycles. The van der Waals surface area contributed by atoms with Gasteiger partial charge in [0.25, 0.3) is 0 Å². The first-order valence-electron chi connectivity index (χ1n) is 11.2. The number of guanidine groups is 1. The molecule has 0 spiro atoms. The minimum Gasteiger partial charge on any atom is -0.339 e. The van der Waals surface area contributed by atoms with Gasteiger partial charge in [-0.1, -0.05) is 0 Å². The lowest BCUT2D eigenvalue weighted by Gasteiger charge is -2.29. The molecule has 3 aliphatic rings. The number of hydrogen-bond acceptors (Lipinski definition) is 4. The monoisotopic (exact) mass is 505 g/mol. The van der Waals surface area contributed by atoms with Crippen LogP contribution in [0.3, 0.4) is 0 Å². The van der Waals surface area contributed by atoms with Crippen LogP contribution in [0.5, 0.6) is 0 Å². The Bertz CT molecular complexity index is 713. The van der Waals surface area contributed by atoms with Crippen molar-refractivity contribution in [3.05, 3.63) is 0 Å². The second-order valence-electron chi connectivity index (χ2n) is 9.14. The van der Waals surface area contributed by atoms with Crippen LogP contribution in [0.1, 0.15) is 44.9 Å². The van der Waals surface area contributed by atoms with Gasteiger partial charge in [0, 0.05) is 31.3 Å². The van der Waals surface area contributed by atoms with Crippen molar-refractivity contribution in [3.63, 3.8) is 0 Å². The van der Waals surface area contributed by atoms with E-state index < -0.39 is 54.1 Å². The van der Waals surface area contributed by atoms with E-state index in [2.05, 4.69) is 21.1 Å². The smallest absolute Gasteiger partial charge is 0.339 e. The maximum atomic E-state index is 13.8. The third-order valence-electron chi connectivity index (χ3n) is 6.62. The lowest BCUT2D eigenvalue weighted by atomic mass is 9.86. The molecule has 6 nitrogen and oxygen atoms in total. The summed E-state index contributed by atoms with van der Waals surface area (Å²) in [6.45, 7) is 0.138. The van der Waals surface area contributed by atoms with Crippen LogP contribution in [0.4, 0.5) is 26.3 Å². The number of hydrogen-bond donors (Lipinski definition) is 3. The molecule has 3 fully saturated rings. The van der Waals surface area contributed by atoms with Gasteiger partial charge in [0.1, 0.15) is 24.6 Å². The second kappa shape index (κ2) is 11.0. The van der Waals surface area contributed by atoms with Crippen molar-refractivity contribution in [2.75, 3.05) is 13.6 Å². The van der Waals surface area contributed by atoms with Gasteiger partial charge in [0.15, 0.2) is 5.96 Å². The quantitative estimate of drug-likeness (QED) is 0.237. The van der Waals surface area contributed by atoms with Crippen molar-refractivity contribution < 1.29 is 31.1 Å². The summed E-state index contributed by atoms with van der Waals surface area (Å²) in [6, 6.07) is -1.77. The highest BCUT2D eigenvalue weighted by atomic mass is 35.5. The molecule has 0 aromatic rings. The van der Waals surface area contributed by atoms with E-state index in [1.807, 2.05) is 0 Å². The molecule has 1 amide bonds. The summed E-state index contributed by atoms with van der Waals surface area (Å²) >= 11 is 6.24. The summed E-state index contributed by atoms with van der Waals surface area (Å²) in [4.78, 5) is 17.0. The maximum absolute atomic E-state index is 13.8. The van der Waals surface area contributed by atoms with Crippen molar-refractivity contribution in [1.29, 1.82) is 0 Å². The molecule has 3 rings (SSSR count). The summed E-state index contributed by atoms with van der Waals surface area (Å²) in [5.74, 6) is -1.58. The van der Waals surface area contributed by atoms with E-state index >= 15 is 0 Å². The molecule has 8 atom stereocenters. The average molecular weight is 506 g/mol. The van der Waals surface area contributed by atoms with Crippen LogP contribution >= 0.6 is 11.6 Å². The van der Waals surface area contributed by atoms with E-state index in [4.69, 9.17) is 11.6 Å². The number of aliphatic imine (C=N–C) groups is 1. The van der Waals surface area contributed by atoms with E-state index in [9.17, 15) is 31.1 Å². The molecule has 0 aromatic carbocycles. The molecule has 1 aliphatic heterocycles. The van der Waals surface area contributed by atoms with Gasteiger partial charge < -0.3 is 5.32 Å². The summed E-state index contributed by atoms with van der Waals surface area (Å²) in [5, 5.41) is 6.15. The fourth-order valence-corrected chi connectivity index (χ4v) is 4.89. The molecule has 0 aromatic heterocycles. The molecule has 3 N–H and O–H groups in total. The van der Waals surface area contributed by atoms with Crippen LogP contribution in [0.2, 0.25) is 0 Å². The molecule has 13 heteroatoms. The summed E-state index contributed by atoms with van der Waals surface area (Å²) < 4.78 is 80.0. The third kappa shape index (κ3) is 7.11. The lowest BCUT2D eigenvalue weighted by Crippen LogP contribution is -2.53. The van der Waals surface area contributed by atoms with E-state index in [-0.39, 0.29) is 50.5 Å². The molecular formula is C20H30ClF6N5O. The standard InChI is InChI=1S/C20H30ClF6N5O/c1-32-17(8-16(31-32)20(25,26)27)29-19(28-9-11-2-4-12(22)7-13(11)21)30-18(33)10-3-5-14(23)15(24)6-10/h10-17,31H,2-9H2,1H3,(H2,28,29,30,33). The number of halogens is 7. The van der Waals surface area contributed by atoms with Gasteiger partial charge in [-0.15, -0.1) is 11.6 Å². The van der Waals surface area contributed by atoms with Crippen LogP contribution in [0.15, 0.2) is 4.99 Å². The maximum Gasteiger partial charge on any atom is 0.405 e. The zero-order chi connectivity index (χ0) is 24.3. The minimum absolute atomic E-state index is 0.0644. The van der Waals surface area contributed by atoms with E-state index in [1.165, 1.54) is 12.1 Å². The second-order valence-corrected chi connectivity index (χ2v) is 9.70. The van der Waals surface area contributed by atoms with Crippen molar-refractivity contribution in [2.45, 2.75) is 87.2 Å². The summed E-state index contributed by atoms with van der Waals surface area (Å²) in [6.07, 6.45) is -9.14. The van der Waals surface area contributed by atoms with Crippen molar-refractivity contribution in [3.8, 4) is 0 Å². The van der Waals surface area contributed by atoms with Crippen molar-refractivity contribution >= 4 is 23.5 Å². The highest BCUT2D eigenvalue weighted by Gasteiger charge is 2.47. The van der Waals surface area contributed by atoms with Gasteiger partial charge >= 0.3 is 6.18 Å². The Morgan fingerprint density at radius 2 is 1.82 bits per heavy atom. The Hall–Kier alpha value is -1.27. The number of amides is 1. The minimum atomic E-state index is -4.46.